The average Bonchev–Trinajstić information content (AvgIpc) is 3.50. The third-order valence-corrected chi connectivity index (χ3v) is 9.67. The average molecular weight is 656 g/mol. The lowest BCUT2D eigenvalue weighted by molar-refractivity contribution is 0.477. The van der Waals surface area contributed by atoms with E-state index in [2.05, 4.69) is 144 Å². The molecule has 0 radical (unpaired) electrons. The van der Waals surface area contributed by atoms with Crippen LogP contribution in [0, 0.1) is 0 Å². The van der Waals surface area contributed by atoms with Gasteiger partial charge < -0.3 is 5.11 Å². The maximum atomic E-state index is 11.3. The van der Waals surface area contributed by atoms with Gasteiger partial charge in [0.1, 0.15) is 11.6 Å². The minimum Gasteiger partial charge on any atom is -0.507 e. The first-order valence-electron chi connectivity index (χ1n) is 17.6. The molecule has 0 saturated heterocycles. The molecule has 2 aromatic heterocycles. The van der Waals surface area contributed by atoms with Crippen LogP contribution in [-0.4, -0.2) is 19.6 Å². The van der Waals surface area contributed by atoms with Crippen LogP contribution in [0.3, 0.4) is 0 Å². The number of phenolic OH excluding ortho intramolecular Hbond substituents is 1. The molecule has 2 heterocycles. The minimum absolute atomic E-state index is 0.130. The van der Waals surface area contributed by atoms with Crippen LogP contribution in [0.5, 0.6) is 5.75 Å². The van der Waals surface area contributed by atoms with Crippen molar-refractivity contribution in [3.05, 3.63) is 144 Å². The Labute approximate surface area is 296 Å². The van der Waals surface area contributed by atoms with Crippen LogP contribution in [0.25, 0.3) is 61.6 Å². The van der Waals surface area contributed by atoms with E-state index in [4.69, 9.17) is 9.97 Å². The van der Waals surface area contributed by atoms with E-state index in [0.717, 1.165) is 56.1 Å². The fourth-order valence-electron chi connectivity index (χ4n) is 6.91. The molecule has 7 rings (SSSR count). The number of hydrogen-bond acceptors (Lipinski definition) is 3. The van der Waals surface area contributed by atoms with E-state index >= 15 is 0 Å². The van der Waals surface area contributed by atoms with E-state index in [1.165, 1.54) is 16.7 Å². The van der Waals surface area contributed by atoms with Gasteiger partial charge in [-0.15, -0.1) is 0 Å². The molecule has 4 nitrogen and oxygen atoms in total. The Hall–Kier alpha value is -5.48. The van der Waals surface area contributed by atoms with E-state index < -0.39 is 0 Å². The Morgan fingerprint density at radius 1 is 0.600 bits per heavy atom. The highest BCUT2D eigenvalue weighted by molar-refractivity contribution is 5.97. The molecule has 0 spiro atoms. The SMILES string of the molecule is CC(C)c1cccc(C(C)C)c1-n1c(-c2ccccc2O)nc2c(-c3cccc(-c4cc(-c5ccccc5)ccn4)c3)cc(C(C)(C)C)cc21. The summed E-state index contributed by atoms with van der Waals surface area (Å²) in [5.41, 5.74) is 13.7. The molecule has 0 aliphatic heterocycles. The van der Waals surface area contributed by atoms with Crippen molar-refractivity contribution in [1.82, 2.24) is 14.5 Å². The van der Waals surface area contributed by atoms with Crippen LogP contribution < -0.4 is 0 Å². The van der Waals surface area contributed by atoms with Crippen LogP contribution in [-0.2, 0) is 5.41 Å². The van der Waals surface area contributed by atoms with Crippen molar-refractivity contribution < 1.29 is 5.11 Å². The predicted octanol–water partition coefficient (Wildman–Crippen LogP) is 12.3. The molecule has 7 aromatic rings. The van der Waals surface area contributed by atoms with Crippen LogP contribution in [0.1, 0.15) is 77.0 Å². The number of hydrogen-bond donors (Lipinski definition) is 1. The largest absolute Gasteiger partial charge is 0.507 e. The number of imidazole rings is 1. The van der Waals surface area contributed by atoms with E-state index in [1.54, 1.807) is 6.07 Å². The standard InChI is InChI=1S/C46H45N3O/c1-29(2)36-20-14-21-37(30(3)4)44(36)49-41-28-35(46(5,6)7)27-39(43(41)48-45(49)38-19-11-12-22-42(38)50)33-17-13-18-34(25-33)40-26-32(23-24-47-40)31-15-9-8-10-16-31/h8-30,50H,1-7H3. The molecule has 0 fully saturated rings. The zero-order valence-corrected chi connectivity index (χ0v) is 30.1. The first-order chi connectivity index (χ1) is 24.0. The number of phenols is 1. The summed E-state index contributed by atoms with van der Waals surface area (Å²) in [6.07, 6.45) is 1.89. The number of aromatic nitrogens is 3. The zero-order chi connectivity index (χ0) is 35.2. The number of rotatable bonds is 7. The van der Waals surface area contributed by atoms with Gasteiger partial charge in [-0.1, -0.05) is 127 Å². The van der Waals surface area contributed by atoms with Gasteiger partial charge in [0.25, 0.3) is 0 Å². The van der Waals surface area contributed by atoms with Gasteiger partial charge in [-0.2, -0.15) is 0 Å². The van der Waals surface area contributed by atoms with E-state index in [9.17, 15) is 5.11 Å². The Kier molecular flexibility index (Phi) is 8.65. The summed E-state index contributed by atoms with van der Waals surface area (Å²) >= 11 is 0. The molecule has 0 atom stereocenters. The predicted molar refractivity (Wildman–Crippen MR) is 209 cm³/mol. The van der Waals surface area contributed by atoms with Crippen LogP contribution in [0.15, 0.2) is 128 Å². The van der Waals surface area contributed by atoms with Crippen molar-refractivity contribution in [1.29, 1.82) is 0 Å². The minimum atomic E-state index is -0.130. The lowest BCUT2D eigenvalue weighted by Gasteiger charge is -2.24. The summed E-state index contributed by atoms with van der Waals surface area (Å²) in [6, 6.07) is 42.1. The molecular weight excluding hydrogens is 611 g/mol. The highest BCUT2D eigenvalue weighted by atomic mass is 16.3. The molecule has 1 N–H and O–H groups in total. The maximum Gasteiger partial charge on any atom is 0.149 e. The maximum absolute atomic E-state index is 11.3. The van der Waals surface area contributed by atoms with Gasteiger partial charge in [0.05, 0.1) is 28.0 Å². The van der Waals surface area contributed by atoms with E-state index in [-0.39, 0.29) is 23.0 Å². The van der Waals surface area contributed by atoms with Crippen molar-refractivity contribution in [3.63, 3.8) is 0 Å². The topological polar surface area (TPSA) is 50.9 Å². The van der Waals surface area contributed by atoms with Gasteiger partial charge in [-0.05, 0) is 93.1 Å². The second-order valence-electron chi connectivity index (χ2n) is 14.9. The second-order valence-corrected chi connectivity index (χ2v) is 14.9. The molecule has 0 unspecified atom stereocenters. The number of nitrogens with zero attached hydrogens (tertiary/aromatic N) is 3. The Morgan fingerprint density at radius 2 is 1.24 bits per heavy atom. The van der Waals surface area contributed by atoms with Gasteiger partial charge in [0.15, 0.2) is 0 Å². The molecule has 50 heavy (non-hydrogen) atoms. The molecular formula is C46H45N3O. The lowest BCUT2D eigenvalue weighted by Crippen LogP contribution is -2.12. The highest BCUT2D eigenvalue weighted by Gasteiger charge is 2.27. The molecule has 0 bridgehead atoms. The molecule has 250 valence electrons. The van der Waals surface area contributed by atoms with Crippen molar-refractivity contribution in [2.24, 2.45) is 0 Å². The van der Waals surface area contributed by atoms with Crippen molar-refractivity contribution in [2.45, 2.75) is 65.7 Å². The Bertz CT molecular complexity index is 2300. The number of aromatic hydroxyl groups is 1. The third-order valence-electron chi connectivity index (χ3n) is 9.67. The van der Waals surface area contributed by atoms with E-state index in [1.807, 2.05) is 30.5 Å². The number of pyridine rings is 1. The second kappa shape index (κ2) is 13.1. The smallest absolute Gasteiger partial charge is 0.149 e. The fraction of sp³-hybridized carbons (Fsp3) is 0.217. The summed E-state index contributed by atoms with van der Waals surface area (Å²) in [4.78, 5) is 10.3. The summed E-state index contributed by atoms with van der Waals surface area (Å²) < 4.78 is 2.32. The first kappa shape index (κ1) is 33.0. The monoisotopic (exact) mass is 655 g/mol. The van der Waals surface area contributed by atoms with Crippen LogP contribution >= 0.6 is 0 Å². The van der Waals surface area contributed by atoms with Crippen molar-refractivity contribution in [2.75, 3.05) is 0 Å². The molecule has 0 amide bonds. The fourth-order valence-corrected chi connectivity index (χ4v) is 6.91. The van der Waals surface area contributed by atoms with Gasteiger partial charge in [0.2, 0.25) is 0 Å². The highest BCUT2D eigenvalue weighted by Crippen LogP contribution is 2.43. The zero-order valence-electron chi connectivity index (χ0n) is 30.1. The Morgan fingerprint density at radius 3 is 1.92 bits per heavy atom. The quantitative estimate of drug-likeness (QED) is 0.186. The van der Waals surface area contributed by atoms with E-state index in [0.29, 0.717) is 5.56 Å². The van der Waals surface area contributed by atoms with Gasteiger partial charge in [0, 0.05) is 17.3 Å². The molecule has 0 saturated carbocycles. The third kappa shape index (κ3) is 6.11. The summed E-state index contributed by atoms with van der Waals surface area (Å²) in [7, 11) is 0. The van der Waals surface area contributed by atoms with Gasteiger partial charge in [-0.25, -0.2) is 4.98 Å². The summed E-state index contributed by atoms with van der Waals surface area (Å²) in [5.74, 6) is 1.49. The first-order valence-corrected chi connectivity index (χ1v) is 17.6. The molecule has 5 aromatic carbocycles. The Balaban J connectivity index is 1.54. The number of benzene rings is 5. The molecule has 4 heteroatoms. The van der Waals surface area contributed by atoms with Crippen molar-refractivity contribution in [3.8, 4) is 56.3 Å². The molecule has 0 aliphatic rings. The summed E-state index contributed by atoms with van der Waals surface area (Å²) in [6.45, 7) is 15.8. The molecule has 0 aliphatic carbocycles. The van der Waals surface area contributed by atoms with Crippen LogP contribution in [0.2, 0.25) is 0 Å². The summed E-state index contributed by atoms with van der Waals surface area (Å²) in [5, 5.41) is 11.3. The number of para-hydroxylation sites is 2. The number of fused-ring (bicyclic) bond motifs is 1. The van der Waals surface area contributed by atoms with Gasteiger partial charge >= 0.3 is 0 Å². The van der Waals surface area contributed by atoms with Gasteiger partial charge in [-0.3, -0.25) is 9.55 Å². The lowest BCUT2D eigenvalue weighted by atomic mass is 9.84. The normalized spacial score (nSPS) is 11.9. The van der Waals surface area contributed by atoms with Crippen LogP contribution in [0.4, 0.5) is 0 Å². The van der Waals surface area contributed by atoms with Crippen molar-refractivity contribution >= 4 is 11.0 Å².